The molecule has 0 spiro atoms. The van der Waals surface area contributed by atoms with Gasteiger partial charge in [0.1, 0.15) is 0 Å². The second-order valence-electron chi connectivity index (χ2n) is 6.35. The number of nitrogens with zero attached hydrogens (tertiary/aromatic N) is 1. The number of amides is 1. The van der Waals surface area contributed by atoms with Crippen molar-refractivity contribution in [1.82, 2.24) is 5.43 Å². The number of carbonyl (C=O) groups excluding carboxylic acids is 1. The highest BCUT2D eigenvalue weighted by Crippen LogP contribution is 2.29. The van der Waals surface area contributed by atoms with Crippen LogP contribution in [0.2, 0.25) is 0 Å². The van der Waals surface area contributed by atoms with Crippen molar-refractivity contribution < 1.29 is 14.3 Å². The Morgan fingerprint density at radius 3 is 2.78 bits per heavy atom. The molecule has 0 heterocycles. The molecule has 1 atom stereocenters. The molecule has 1 saturated carbocycles. The zero-order chi connectivity index (χ0) is 16.8. The molecule has 1 amide bonds. The summed E-state index contributed by atoms with van der Waals surface area (Å²) in [5, 5.41) is 4.28. The smallest absolute Gasteiger partial charge is 0.271 e. The molecule has 0 saturated heterocycles. The summed E-state index contributed by atoms with van der Waals surface area (Å²) in [4.78, 5) is 12.3. The van der Waals surface area contributed by atoms with E-state index < -0.39 is 0 Å². The Morgan fingerprint density at radius 2 is 2.13 bits per heavy atom. The molecular weight excluding hydrogens is 292 g/mol. The second kappa shape index (κ2) is 7.99. The summed E-state index contributed by atoms with van der Waals surface area (Å²) in [6.45, 7) is 6.11. The van der Waals surface area contributed by atoms with E-state index in [1.165, 1.54) is 6.42 Å². The van der Waals surface area contributed by atoms with E-state index in [-0.39, 0.29) is 12.0 Å². The van der Waals surface area contributed by atoms with Crippen LogP contribution in [-0.4, -0.2) is 24.8 Å². The van der Waals surface area contributed by atoms with Gasteiger partial charge in [-0.1, -0.05) is 6.92 Å². The molecule has 1 fully saturated rings. The summed E-state index contributed by atoms with van der Waals surface area (Å²) in [5.41, 5.74) is 4.23. The Bertz CT molecular complexity index is 582. The van der Waals surface area contributed by atoms with Gasteiger partial charge in [-0.05, 0) is 63.6 Å². The first-order chi connectivity index (χ1) is 11.0. The molecule has 0 aromatic heterocycles. The zero-order valence-corrected chi connectivity index (χ0v) is 14.4. The van der Waals surface area contributed by atoms with Crippen molar-refractivity contribution in [2.24, 2.45) is 11.0 Å². The summed E-state index contributed by atoms with van der Waals surface area (Å²) < 4.78 is 11.0. The van der Waals surface area contributed by atoms with E-state index in [9.17, 15) is 4.79 Å². The summed E-state index contributed by atoms with van der Waals surface area (Å²) in [5.74, 6) is 1.59. The Morgan fingerprint density at radius 1 is 1.35 bits per heavy atom. The van der Waals surface area contributed by atoms with Gasteiger partial charge in [0.25, 0.3) is 5.91 Å². The third-order valence-corrected chi connectivity index (χ3v) is 3.85. The number of methoxy groups -OCH3 is 1. The maximum atomic E-state index is 12.3. The zero-order valence-electron chi connectivity index (χ0n) is 14.4. The lowest BCUT2D eigenvalue weighted by Crippen LogP contribution is -2.22. The van der Waals surface area contributed by atoms with Crippen LogP contribution >= 0.6 is 0 Å². The van der Waals surface area contributed by atoms with Crippen molar-refractivity contribution in [3.8, 4) is 11.5 Å². The molecule has 1 aliphatic carbocycles. The molecule has 0 bridgehead atoms. The van der Waals surface area contributed by atoms with Crippen LogP contribution in [0.1, 0.15) is 56.8 Å². The summed E-state index contributed by atoms with van der Waals surface area (Å²) >= 11 is 0. The average Bonchev–Trinajstić information content (AvgIpc) is 2.52. The van der Waals surface area contributed by atoms with Gasteiger partial charge in [-0.2, -0.15) is 5.10 Å². The third-order valence-electron chi connectivity index (χ3n) is 3.85. The van der Waals surface area contributed by atoms with Gasteiger partial charge in [-0.15, -0.1) is 0 Å². The van der Waals surface area contributed by atoms with Crippen LogP contribution in [0, 0.1) is 5.92 Å². The Kier molecular flexibility index (Phi) is 6.02. The fourth-order valence-electron chi connectivity index (χ4n) is 2.72. The predicted molar refractivity (Wildman–Crippen MR) is 91.3 cm³/mol. The average molecular weight is 318 g/mol. The molecule has 5 heteroatoms. The number of rotatable bonds is 5. The molecule has 0 unspecified atom stereocenters. The van der Waals surface area contributed by atoms with Crippen molar-refractivity contribution >= 4 is 11.6 Å². The topological polar surface area (TPSA) is 59.9 Å². The predicted octanol–water partition coefficient (Wildman–Crippen LogP) is 3.78. The van der Waals surface area contributed by atoms with Crippen molar-refractivity contribution in [3.05, 3.63) is 23.8 Å². The Balaban J connectivity index is 2.05. The van der Waals surface area contributed by atoms with E-state index in [1.807, 2.05) is 13.8 Å². The van der Waals surface area contributed by atoms with Gasteiger partial charge in [0.2, 0.25) is 0 Å². The standard InChI is InChI=1S/C18H26N2O3/c1-12(2)23-16-9-8-14(11-17(16)22-4)18(21)20-19-15-7-5-6-13(3)10-15/h8-9,11-13H,5-7,10H2,1-4H3,(H,20,21)/b19-15-/t13-/m1/s1. The third kappa shape index (κ3) is 4.98. The van der Waals surface area contributed by atoms with Gasteiger partial charge in [0, 0.05) is 11.3 Å². The SMILES string of the molecule is COc1cc(C(=O)N/N=C2/CCC[C@@H](C)C2)ccc1OC(C)C. The van der Waals surface area contributed by atoms with Crippen LogP contribution in [0.3, 0.4) is 0 Å². The minimum Gasteiger partial charge on any atom is -0.493 e. The number of nitrogens with one attached hydrogen (secondary N) is 1. The molecule has 1 aliphatic rings. The van der Waals surface area contributed by atoms with Crippen LogP contribution < -0.4 is 14.9 Å². The van der Waals surface area contributed by atoms with Crippen LogP contribution in [0.15, 0.2) is 23.3 Å². The highest BCUT2D eigenvalue weighted by molar-refractivity contribution is 5.96. The fraction of sp³-hybridized carbons (Fsp3) is 0.556. The number of benzene rings is 1. The van der Waals surface area contributed by atoms with Crippen molar-refractivity contribution in [2.75, 3.05) is 7.11 Å². The van der Waals surface area contributed by atoms with Gasteiger partial charge >= 0.3 is 0 Å². The van der Waals surface area contributed by atoms with Crippen molar-refractivity contribution in [2.45, 2.75) is 52.6 Å². The Hall–Kier alpha value is -2.04. The maximum Gasteiger partial charge on any atom is 0.271 e. The summed E-state index contributed by atoms with van der Waals surface area (Å²) in [6, 6.07) is 5.15. The van der Waals surface area contributed by atoms with Crippen LogP contribution in [-0.2, 0) is 0 Å². The lowest BCUT2D eigenvalue weighted by molar-refractivity contribution is 0.0954. The molecule has 1 aromatic rings. The fourth-order valence-corrected chi connectivity index (χ4v) is 2.72. The first-order valence-corrected chi connectivity index (χ1v) is 8.20. The van der Waals surface area contributed by atoms with E-state index in [1.54, 1.807) is 25.3 Å². The number of carbonyl (C=O) groups is 1. The first-order valence-electron chi connectivity index (χ1n) is 8.20. The quantitative estimate of drug-likeness (QED) is 0.841. The second-order valence-corrected chi connectivity index (χ2v) is 6.35. The molecule has 23 heavy (non-hydrogen) atoms. The van der Waals surface area contributed by atoms with E-state index in [4.69, 9.17) is 9.47 Å². The molecule has 2 rings (SSSR count). The van der Waals surface area contributed by atoms with E-state index in [0.29, 0.717) is 23.0 Å². The van der Waals surface area contributed by atoms with Crippen LogP contribution in [0.4, 0.5) is 0 Å². The lowest BCUT2D eigenvalue weighted by atomic mass is 9.89. The number of hydrazone groups is 1. The van der Waals surface area contributed by atoms with Crippen molar-refractivity contribution in [3.63, 3.8) is 0 Å². The van der Waals surface area contributed by atoms with Crippen LogP contribution in [0.25, 0.3) is 0 Å². The Labute approximate surface area is 138 Å². The van der Waals surface area contributed by atoms with Gasteiger partial charge in [-0.25, -0.2) is 5.43 Å². The van der Waals surface area contributed by atoms with Gasteiger partial charge in [-0.3, -0.25) is 4.79 Å². The maximum absolute atomic E-state index is 12.3. The molecule has 1 aromatic carbocycles. The summed E-state index contributed by atoms with van der Waals surface area (Å²) in [6.07, 6.45) is 4.36. The summed E-state index contributed by atoms with van der Waals surface area (Å²) in [7, 11) is 1.56. The lowest BCUT2D eigenvalue weighted by Gasteiger charge is -2.19. The molecule has 1 N–H and O–H groups in total. The highest BCUT2D eigenvalue weighted by atomic mass is 16.5. The van der Waals surface area contributed by atoms with Gasteiger partial charge in [0.15, 0.2) is 11.5 Å². The number of ether oxygens (including phenoxy) is 2. The molecule has 126 valence electrons. The van der Waals surface area contributed by atoms with Crippen LogP contribution in [0.5, 0.6) is 11.5 Å². The number of hydrogen-bond acceptors (Lipinski definition) is 4. The molecular formula is C18H26N2O3. The minimum absolute atomic E-state index is 0.0447. The van der Waals surface area contributed by atoms with E-state index in [2.05, 4.69) is 17.5 Å². The van der Waals surface area contributed by atoms with Crippen molar-refractivity contribution in [1.29, 1.82) is 0 Å². The molecule has 5 nitrogen and oxygen atoms in total. The van der Waals surface area contributed by atoms with Gasteiger partial charge < -0.3 is 9.47 Å². The normalized spacial score (nSPS) is 19.7. The molecule has 0 aliphatic heterocycles. The minimum atomic E-state index is -0.231. The molecule has 0 radical (unpaired) electrons. The van der Waals surface area contributed by atoms with E-state index in [0.717, 1.165) is 25.0 Å². The highest BCUT2D eigenvalue weighted by Gasteiger charge is 2.15. The van der Waals surface area contributed by atoms with Gasteiger partial charge in [0.05, 0.1) is 13.2 Å². The largest absolute Gasteiger partial charge is 0.493 e. The van der Waals surface area contributed by atoms with E-state index >= 15 is 0 Å². The number of hydrogen-bond donors (Lipinski definition) is 1. The first kappa shape index (κ1) is 17.3. The monoisotopic (exact) mass is 318 g/mol.